The molecule has 0 aliphatic carbocycles. The van der Waals surface area contributed by atoms with Gasteiger partial charge in [0.15, 0.2) is 0 Å². The van der Waals surface area contributed by atoms with E-state index >= 15 is 0 Å². The number of ether oxygens (including phenoxy) is 1. The third-order valence-corrected chi connectivity index (χ3v) is 3.18. The summed E-state index contributed by atoms with van der Waals surface area (Å²) in [6.45, 7) is 3.38. The van der Waals surface area contributed by atoms with Gasteiger partial charge in [-0.3, -0.25) is 10.1 Å². The monoisotopic (exact) mass is 285 g/mol. The highest BCUT2D eigenvalue weighted by Crippen LogP contribution is 2.22. The van der Waals surface area contributed by atoms with E-state index < -0.39 is 10.9 Å². The number of benzene rings is 2. The Balaban J connectivity index is 2.14. The lowest BCUT2D eigenvalue weighted by Gasteiger charge is -2.13. The topological polar surface area (TPSA) is 69.4 Å². The van der Waals surface area contributed by atoms with Crippen LogP contribution in [0.3, 0.4) is 0 Å². The highest BCUT2D eigenvalue weighted by molar-refractivity contribution is 5.90. The maximum absolute atomic E-state index is 12.1. The molecule has 108 valence electrons. The molecule has 2 aromatic carbocycles. The van der Waals surface area contributed by atoms with Crippen molar-refractivity contribution >= 4 is 11.7 Å². The van der Waals surface area contributed by atoms with Crippen LogP contribution in [0.4, 0.5) is 5.69 Å². The number of esters is 1. The molecule has 0 radical (unpaired) electrons. The van der Waals surface area contributed by atoms with Crippen molar-refractivity contribution in [1.29, 1.82) is 0 Å². The molecule has 0 spiro atoms. The predicted molar refractivity (Wildman–Crippen MR) is 78.1 cm³/mol. The number of carbonyl (C=O) groups excluding carboxylic acids is 1. The van der Waals surface area contributed by atoms with Crippen molar-refractivity contribution in [1.82, 2.24) is 0 Å². The van der Waals surface area contributed by atoms with E-state index in [2.05, 4.69) is 0 Å². The standard InChI is InChI=1S/C16H15NO4/c1-11-10-14(8-9-15(11)17(19)20)16(18)21-12(2)13-6-4-3-5-7-13/h3-10,12H,1-2H3/t12-/m1/s1. The first-order chi connectivity index (χ1) is 9.99. The van der Waals surface area contributed by atoms with Gasteiger partial charge in [-0.2, -0.15) is 0 Å². The summed E-state index contributed by atoms with van der Waals surface area (Å²) in [5.74, 6) is -0.496. The average molecular weight is 285 g/mol. The van der Waals surface area contributed by atoms with Gasteiger partial charge >= 0.3 is 5.97 Å². The largest absolute Gasteiger partial charge is 0.454 e. The number of hydrogen-bond donors (Lipinski definition) is 0. The highest BCUT2D eigenvalue weighted by atomic mass is 16.6. The minimum absolute atomic E-state index is 0.0114. The maximum atomic E-state index is 12.1. The quantitative estimate of drug-likeness (QED) is 0.486. The van der Waals surface area contributed by atoms with Gasteiger partial charge in [0, 0.05) is 11.6 Å². The Morgan fingerprint density at radius 3 is 2.43 bits per heavy atom. The molecule has 0 aromatic heterocycles. The summed E-state index contributed by atoms with van der Waals surface area (Å²) in [4.78, 5) is 22.3. The van der Waals surface area contributed by atoms with E-state index in [0.717, 1.165) is 5.56 Å². The molecule has 0 bridgehead atoms. The normalized spacial score (nSPS) is 11.7. The third-order valence-electron chi connectivity index (χ3n) is 3.18. The Bertz CT molecular complexity index is 667. The molecule has 0 unspecified atom stereocenters. The first-order valence-electron chi connectivity index (χ1n) is 6.50. The maximum Gasteiger partial charge on any atom is 0.338 e. The van der Waals surface area contributed by atoms with Gasteiger partial charge in [-0.05, 0) is 31.5 Å². The molecule has 0 saturated heterocycles. The van der Waals surface area contributed by atoms with Gasteiger partial charge in [-0.15, -0.1) is 0 Å². The molecule has 5 nitrogen and oxygen atoms in total. The Kier molecular flexibility index (Phi) is 4.33. The number of nitro benzene ring substituents is 1. The zero-order valence-corrected chi connectivity index (χ0v) is 11.8. The van der Waals surface area contributed by atoms with Gasteiger partial charge in [0.1, 0.15) is 6.10 Å². The van der Waals surface area contributed by atoms with Crippen LogP contribution in [-0.2, 0) is 4.74 Å². The third kappa shape index (κ3) is 3.45. The fourth-order valence-corrected chi connectivity index (χ4v) is 2.01. The minimum atomic E-state index is -0.496. The van der Waals surface area contributed by atoms with E-state index in [9.17, 15) is 14.9 Å². The van der Waals surface area contributed by atoms with E-state index in [1.54, 1.807) is 13.8 Å². The Labute approximate surface area is 122 Å². The molecule has 2 aromatic rings. The molecule has 0 aliphatic rings. The average Bonchev–Trinajstić information content (AvgIpc) is 2.47. The van der Waals surface area contributed by atoms with E-state index in [1.807, 2.05) is 30.3 Å². The number of carbonyl (C=O) groups is 1. The van der Waals surface area contributed by atoms with Crippen molar-refractivity contribution in [3.05, 3.63) is 75.3 Å². The Morgan fingerprint density at radius 1 is 1.19 bits per heavy atom. The number of rotatable bonds is 4. The second-order valence-corrected chi connectivity index (χ2v) is 4.72. The van der Waals surface area contributed by atoms with Crippen LogP contribution < -0.4 is 0 Å². The molecule has 0 aliphatic heterocycles. The van der Waals surface area contributed by atoms with Gasteiger partial charge in [0.05, 0.1) is 10.5 Å². The highest BCUT2D eigenvalue weighted by Gasteiger charge is 2.17. The molecular weight excluding hydrogens is 270 g/mol. The molecule has 2 rings (SSSR count). The molecule has 0 heterocycles. The SMILES string of the molecule is Cc1cc(C(=O)O[C@H](C)c2ccccc2)ccc1[N+](=O)[O-]. The van der Waals surface area contributed by atoms with Gasteiger partial charge in [0.25, 0.3) is 5.69 Å². The summed E-state index contributed by atoms with van der Waals surface area (Å²) in [7, 11) is 0. The van der Waals surface area contributed by atoms with E-state index in [4.69, 9.17) is 4.74 Å². The summed E-state index contributed by atoms with van der Waals surface area (Å²) in [5, 5.41) is 10.8. The molecular formula is C16H15NO4. The van der Waals surface area contributed by atoms with Crippen molar-refractivity contribution in [2.45, 2.75) is 20.0 Å². The second kappa shape index (κ2) is 6.17. The van der Waals surface area contributed by atoms with Gasteiger partial charge in [-0.1, -0.05) is 30.3 Å². The van der Waals surface area contributed by atoms with E-state index in [-0.39, 0.29) is 11.8 Å². The van der Waals surface area contributed by atoms with Crippen molar-refractivity contribution in [3.63, 3.8) is 0 Å². The summed E-state index contributed by atoms with van der Waals surface area (Å²) in [6, 6.07) is 13.6. The first-order valence-corrected chi connectivity index (χ1v) is 6.50. The van der Waals surface area contributed by atoms with E-state index in [0.29, 0.717) is 11.1 Å². The predicted octanol–water partition coefficient (Wildman–Crippen LogP) is 3.82. The molecule has 0 fully saturated rings. The number of hydrogen-bond acceptors (Lipinski definition) is 4. The zero-order valence-electron chi connectivity index (χ0n) is 11.8. The first kappa shape index (κ1) is 14.7. The van der Waals surface area contributed by atoms with Crippen LogP contribution in [0.15, 0.2) is 48.5 Å². The molecule has 0 saturated carbocycles. The molecule has 21 heavy (non-hydrogen) atoms. The minimum Gasteiger partial charge on any atom is -0.454 e. The van der Waals surface area contributed by atoms with Gasteiger partial charge < -0.3 is 4.74 Å². The molecule has 0 amide bonds. The fraction of sp³-hybridized carbons (Fsp3) is 0.188. The fourth-order valence-electron chi connectivity index (χ4n) is 2.01. The lowest BCUT2D eigenvalue weighted by atomic mass is 10.1. The van der Waals surface area contributed by atoms with Crippen LogP contribution in [0.1, 0.15) is 34.5 Å². The van der Waals surface area contributed by atoms with Crippen molar-refractivity contribution in [3.8, 4) is 0 Å². The molecule has 5 heteroatoms. The lowest BCUT2D eigenvalue weighted by Crippen LogP contribution is -2.09. The van der Waals surface area contributed by atoms with Crippen molar-refractivity contribution < 1.29 is 14.5 Å². The second-order valence-electron chi connectivity index (χ2n) is 4.72. The smallest absolute Gasteiger partial charge is 0.338 e. The number of nitro groups is 1. The van der Waals surface area contributed by atoms with Gasteiger partial charge in [-0.25, -0.2) is 4.79 Å². The number of nitrogens with zero attached hydrogens (tertiary/aromatic N) is 1. The number of aryl methyl sites for hydroxylation is 1. The van der Waals surface area contributed by atoms with E-state index in [1.165, 1.54) is 18.2 Å². The Morgan fingerprint density at radius 2 is 1.86 bits per heavy atom. The van der Waals surface area contributed by atoms with Crippen LogP contribution >= 0.6 is 0 Å². The summed E-state index contributed by atoms with van der Waals surface area (Å²) in [6.07, 6.45) is -0.380. The molecule has 0 N–H and O–H groups in total. The molecule has 1 atom stereocenters. The summed E-state index contributed by atoms with van der Waals surface area (Å²) in [5.41, 5.74) is 1.62. The van der Waals surface area contributed by atoms with Crippen LogP contribution in [0.25, 0.3) is 0 Å². The summed E-state index contributed by atoms with van der Waals surface area (Å²) < 4.78 is 5.37. The van der Waals surface area contributed by atoms with Crippen LogP contribution in [0.2, 0.25) is 0 Å². The van der Waals surface area contributed by atoms with Crippen molar-refractivity contribution in [2.24, 2.45) is 0 Å². The van der Waals surface area contributed by atoms with Crippen molar-refractivity contribution in [2.75, 3.05) is 0 Å². The Hall–Kier alpha value is -2.69. The van der Waals surface area contributed by atoms with Crippen LogP contribution in [-0.4, -0.2) is 10.9 Å². The van der Waals surface area contributed by atoms with Crippen LogP contribution in [0, 0.1) is 17.0 Å². The van der Waals surface area contributed by atoms with Crippen LogP contribution in [0.5, 0.6) is 0 Å². The summed E-state index contributed by atoms with van der Waals surface area (Å²) >= 11 is 0. The van der Waals surface area contributed by atoms with Gasteiger partial charge in [0.2, 0.25) is 0 Å². The zero-order chi connectivity index (χ0) is 15.4. The lowest BCUT2D eigenvalue weighted by molar-refractivity contribution is -0.385.